The fourth-order valence-corrected chi connectivity index (χ4v) is 1.28. The molecule has 0 atom stereocenters. The average molecular weight is 241 g/mol. The molecule has 0 saturated heterocycles. The van der Waals surface area contributed by atoms with Crippen molar-refractivity contribution in [3.8, 4) is 0 Å². The lowest BCUT2D eigenvalue weighted by atomic mass is 9.85. The second-order valence-corrected chi connectivity index (χ2v) is 4.24. The molecule has 0 fully saturated rings. The monoisotopic (exact) mass is 241 g/mol. The Bertz CT molecular complexity index is 497. The van der Waals surface area contributed by atoms with Gasteiger partial charge >= 0.3 is 16.5 Å². The van der Waals surface area contributed by atoms with Crippen LogP contribution in [-0.2, 0) is 25.5 Å². The van der Waals surface area contributed by atoms with E-state index in [0.29, 0.717) is 0 Å². The van der Waals surface area contributed by atoms with Gasteiger partial charge in [-0.2, -0.15) is 8.42 Å². The van der Waals surface area contributed by atoms with E-state index in [-0.39, 0.29) is 0 Å². The SMILES string of the molecule is CC(C)(C(=O)ON=S(=O)=O)c1ccccc1. The molecule has 1 aromatic carbocycles. The summed E-state index contributed by atoms with van der Waals surface area (Å²) in [5.41, 5.74) is -0.212. The lowest BCUT2D eigenvalue weighted by molar-refractivity contribution is -0.149. The van der Waals surface area contributed by atoms with E-state index in [1.165, 1.54) is 0 Å². The third-order valence-corrected chi connectivity index (χ3v) is 2.38. The van der Waals surface area contributed by atoms with Crippen molar-refractivity contribution in [1.29, 1.82) is 0 Å². The minimum Gasteiger partial charge on any atom is -0.302 e. The van der Waals surface area contributed by atoms with Crippen LogP contribution in [0.1, 0.15) is 19.4 Å². The van der Waals surface area contributed by atoms with E-state index in [2.05, 4.69) is 9.36 Å². The lowest BCUT2D eigenvalue weighted by Crippen LogP contribution is -2.29. The normalized spacial score (nSPS) is 10.6. The van der Waals surface area contributed by atoms with Gasteiger partial charge < -0.3 is 4.84 Å². The number of nitrogens with zero attached hydrogens (tertiary/aromatic N) is 1. The van der Waals surface area contributed by atoms with Crippen LogP contribution in [0, 0.1) is 0 Å². The predicted octanol–water partition coefficient (Wildman–Crippen LogP) is 1.49. The maximum Gasteiger partial charge on any atom is 0.349 e. The quantitative estimate of drug-likeness (QED) is 0.751. The van der Waals surface area contributed by atoms with E-state index in [0.717, 1.165) is 5.56 Å². The summed E-state index contributed by atoms with van der Waals surface area (Å²) in [6, 6.07) is 8.91. The minimum atomic E-state index is -2.75. The molecule has 0 aromatic heterocycles. The van der Waals surface area contributed by atoms with E-state index in [9.17, 15) is 13.2 Å². The maximum atomic E-state index is 11.6. The zero-order valence-electron chi connectivity index (χ0n) is 8.88. The van der Waals surface area contributed by atoms with Gasteiger partial charge in [0.1, 0.15) is 0 Å². The smallest absolute Gasteiger partial charge is 0.302 e. The van der Waals surface area contributed by atoms with Crippen molar-refractivity contribution in [2.45, 2.75) is 19.3 Å². The molecule has 0 unspecified atom stereocenters. The number of carbonyl (C=O) groups excluding carboxylic acids is 1. The Hall–Kier alpha value is -1.69. The largest absolute Gasteiger partial charge is 0.349 e. The lowest BCUT2D eigenvalue weighted by Gasteiger charge is -2.20. The Morgan fingerprint density at radius 1 is 1.25 bits per heavy atom. The summed E-state index contributed by atoms with van der Waals surface area (Å²) in [4.78, 5) is 15.9. The summed E-state index contributed by atoms with van der Waals surface area (Å²) in [5.74, 6) is -0.720. The molecule has 0 amide bonds. The highest BCUT2D eigenvalue weighted by Gasteiger charge is 2.32. The van der Waals surface area contributed by atoms with Gasteiger partial charge in [0, 0.05) is 0 Å². The molecule has 0 heterocycles. The van der Waals surface area contributed by atoms with Crippen molar-refractivity contribution >= 4 is 16.5 Å². The van der Waals surface area contributed by atoms with E-state index < -0.39 is 21.9 Å². The van der Waals surface area contributed by atoms with Crippen LogP contribution in [0.2, 0.25) is 0 Å². The van der Waals surface area contributed by atoms with Crippen LogP contribution in [0.4, 0.5) is 0 Å². The first-order valence-corrected chi connectivity index (χ1v) is 5.55. The molecule has 16 heavy (non-hydrogen) atoms. The highest BCUT2D eigenvalue weighted by atomic mass is 32.2. The standard InChI is InChI=1S/C10H11NO4S/c1-10(2,8-6-4-3-5-7-8)9(12)15-11-16(13)14/h3-7H,1-2H3. The van der Waals surface area contributed by atoms with Gasteiger partial charge in [0.2, 0.25) is 0 Å². The Morgan fingerprint density at radius 2 is 1.81 bits per heavy atom. The topological polar surface area (TPSA) is 72.8 Å². The van der Waals surface area contributed by atoms with Crippen molar-refractivity contribution in [1.82, 2.24) is 0 Å². The van der Waals surface area contributed by atoms with Crippen LogP contribution in [0.3, 0.4) is 0 Å². The van der Waals surface area contributed by atoms with Gasteiger partial charge in [-0.25, -0.2) is 4.79 Å². The van der Waals surface area contributed by atoms with Crippen LogP contribution in [0.15, 0.2) is 34.9 Å². The number of benzene rings is 1. The van der Waals surface area contributed by atoms with Gasteiger partial charge in [0.25, 0.3) is 0 Å². The first kappa shape index (κ1) is 12.4. The van der Waals surface area contributed by atoms with Crippen LogP contribution >= 0.6 is 0 Å². The number of rotatable bonds is 3. The van der Waals surface area contributed by atoms with Crippen molar-refractivity contribution in [3.05, 3.63) is 35.9 Å². The highest BCUT2D eigenvalue weighted by molar-refractivity contribution is 7.61. The van der Waals surface area contributed by atoms with Gasteiger partial charge in [-0.05, 0) is 19.4 Å². The fraction of sp³-hybridized carbons (Fsp3) is 0.300. The van der Waals surface area contributed by atoms with Gasteiger partial charge in [-0.3, -0.25) is 0 Å². The zero-order valence-corrected chi connectivity index (χ0v) is 9.69. The van der Waals surface area contributed by atoms with Crippen molar-refractivity contribution < 1.29 is 18.0 Å². The van der Waals surface area contributed by atoms with Crippen LogP contribution < -0.4 is 0 Å². The third kappa shape index (κ3) is 2.90. The first-order valence-electron chi connectivity index (χ1n) is 4.52. The minimum absolute atomic E-state index is 0.720. The van der Waals surface area contributed by atoms with Gasteiger partial charge in [0.15, 0.2) is 0 Å². The number of hydrogen-bond acceptors (Lipinski definition) is 5. The Balaban J connectivity index is 2.94. The van der Waals surface area contributed by atoms with Gasteiger partial charge in [0.05, 0.1) is 9.94 Å². The summed E-state index contributed by atoms with van der Waals surface area (Å²) in [6.45, 7) is 3.27. The summed E-state index contributed by atoms with van der Waals surface area (Å²) in [5, 5.41) is 0. The number of hydrogen-bond donors (Lipinski definition) is 0. The molecule has 0 aliphatic rings. The average Bonchev–Trinajstić information content (AvgIpc) is 2.27. The molecule has 0 saturated carbocycles. The zero-order chi connectivity index (χ0) is 12.2. The Labute approximate surface area is 94.7 Å². The molecular formula is C10H11NO4S. The fourth-order valence-electron chi connectivity index (χ4n) is 1.15. The third-order valence-electron chi connectivity index (χ3n) is 2.19. The molecule has 6 heteroatoms. The summed E-state index contributed by atoms with van der Waals surface area (Å²) >= 11 is 0. The summed E-state index contributed by atoms with van der Waals surface area (Å²) in [7, 11) is -2.75. The van der Waals surface area contributed by atoms with E-state index in [4.69, 9.17) is 0 Å². The molecule has 86 valence electrons. The van der Waals surface area contributed by atoms with Gasteiger partial charge in [-0.15, -0.1) is 0 Å². The second-order valence-electron chi connectivity index (χ2n) is 3.66. The summed E-state index contributed by atoms with van der Waals surface area (Å²) < 4.78 is 22.9. The molecule has 0 bridgehead atoms. The molecule has 0 spiro atoms. The molecule has 5 nitrogen and oxygen atoms in total. The predicted molar refractivity (Wildman–Crippen MR) is 56.9 cm³/mol. The van der Waals surface area contributed by atoms with Crippen molar-refractivity contribution in [2.75, 3.05) is 0 Å². The Morgan fingerprint density at radius 3 is 2.31 bits per heavy atom. The van der Waals surface area contributed by atoms with Crippen LogP contribution in [0.25, 0.3) is 0 Å². The maximum absolute atomic E-state index is 11.6. The van der Waals surface area contributed by atoms with E-state index in [1.807, 2.05) is 6.07 Å². The molecule has 0 N–H and O–H groups in total. The Kier molecular flexibility index (Phi) is 3.78. The van der Waals surface area contributed by atoms with Crippen LogP contribution in [0.5, 0.6) is 0 Å². The van der Waals surface area contributed by atoms with Gasteiger partial charge in [-0.1, -0.05) is 30.3 Å². The van der Waals surface area contributed by atoms with Crippen LogP contribution in [-0.4, -0.2) is 14.4 Å². The molecule has 0 aliphatic heterocycles. The molecule has 0 radical (unpaired) electrons. The van der Waals surface area contributed by atoms with Crippen molar-refractivity contribution in [2.24, 2.45) is 4.53 Å². The van der Waals surface area contributed by atoms with E-state index >= 15 is 0 Å². The summed E-state index contributed by atoms with van der Waals surface area (Å²) in [6.07, 6.45) is 0. The molecular weight excluding hydrogens is 230 g/mol. The number of carbonyl (C=O) groups is 1. The van der Waals surface area contributed by atoms with E-state index in [1.54, 1.807) is 38.1 Å². The highest BCUT2D eigenvalue weighted by Crippen LogP contribution is 2.24. The first-order chi connectivity index (χ1) is 7.44. The molecule has 1 rings (SSSR count). The molecule has 1 aromatic rings. The molecule has 0 aliphatic carbocycles. The second kappa shape index (κ2) is 4.89. The van der Waals surface area contributed by atoms with Crippen molar-refractivity contribution in [3.63, 3.8) is 0 Å².